The van der Waals surface area contributed by atoms with Crippen LogP contribution < -0.4 is 0 Å². The summed E-state index contributed by atoms with van der Waals surface area (Å²) in [6, 6.07) is 30.2. The molecule has 5 rings (SSSR count). The molecule has 0 radical (unpaired) electrons. The lowest BCUT2D eigenvalue weighted by atomic mass is 9.83. The van der Waals surface area contributed by atoms with Crippen molar-refractivity contribution in [3.8, 4) is 0 Å². The van der Waals surface area contributed by atoms with Crippen molar-refractivity contribution in [3.05, 3.63) is 107 Å². The molecule has 1 nitrogen and oxygen atoms in total. The SMILES string of the molecule is C(=C1/c2ccccc2[C@H]2OC[C@H](Cc3ccccc3)[C@@H]12)/c1ccccc1. The Labute approximate surface area is 155 Å². The normalized spacial score (nSPS) is 25.2. The lowest BCUT2D eigenvalue weighted by molar-refractivity contribution is 0.102. The Bertz CT molecular complexity index is 927. The van der Waals surface area contributed by atoms with Crippen LogP contribution in [-0.4, -0.2) is 6.61 Å². The zero-order valence-corrected chi connectivity index (χ0v) is 14.7. The summed E-state index contributed by atoms with van der Waals surface area (Å²) in [5, 5.41) is 0. The molecule has 0 spiro atoms. The quantitative estimate of drug-likeness (QED) is 0.587. The Hall–Kier alpha value is -2.64. The predicted octanol–water partition coefficient (Wildman–Crippen LogP) is 5.79. The van der Waals surface area contributed by atoms with Crippen LogP contribution in [0.5, 0.6) is 0 Å². The van der Waals surface area contributed by atoms with E-state index in [9.17, 15) is 0 Å². The molecule has 3 atom stereocenters. The van der Waals surface area contributed by atoms with Gasteiger partial charge in [-0.1, -0.05) is 91.0 Å². The second kappa shape index (κ2) is 6.59. The molecule has 0 aromatic heterocycles. The van der Waals surface area contributed by atoms with Gasteiger partial charge in [0.25, 0.3) is 0 Å². The van der Waals surface area contributed by atoms with E-state index in [1.165, 1.54) is 27.8 Å². The molecule has 0 N–H and O–H groups in total. The Morgan fingerprint density at radius 2 is 1.50 bits per heavy atom. The molecule has 26 heavy (non-hydrogen) atoms. The Balaban J connectivity index is 1.56. The first-order chi connectivity index (χ1) is 12.9. The maximum Gasteiger partial charge on any atom is 0.0903 e. The monoisotopic (exact) mass is 338 g/mol. The molecule has 1 aliphatic heterocycles. The third kappa shape index (κ3) is 2.69. The van der Waals surface area contributed by atoms with Crippen LogP contribution in [-0.2, 0) is 11.2 Å². The number of fused-ring (bicyclic) bond motifs is 3. The van der Waals surface area contributed by atoms with Gasteiger partial charge in [0.2, 0.25) is 0 Å². The first kappa shape index (κ1) is 15.6. The fourth-order valence-electron chi connectivity index (χ4n) is 4.58. The van der Waals surface area contributed by atoms with Crippen LogP contribution in [0, 0.1) is 11.8 Å². The van der Waals surface area contributed by atoms with Crippen molar-refractivity contribution in [1.29, 1.82) is 0 Å². The fraction of sp³-hybridized carbons (Fsp3) is 0.200. The van der Waals surface area contributed by atoms with Gasteiger partial charge in [-0.05, 0) is 40.2 Å². The second-order valence-electron chi connectivity index (χ2n) is 7.33. The molecule has 3 aromatic rings. The van der Waals surface area contributed by atoms with E-state index in [1.54, 1.807) is 0 Å². The van der Waals surface area contributed by atoms with E-state index in [2.05, 4.69) is 91.0 Å². The van der Waals surface area contributed by atoms with Gasteiger partial charge in [0.05, 0.1) is 12.7 Å². The van der Waals surface area contributed by atoms with Gasteiger partial charge in [0, 0.05) is 5.92 Å². The first-order valence-corrected chi connectivity index (χ1v) is 9.41. The van der Waals surface area contributed by atoms with Gasteiger partial charge in [-0.25, -0.2) is 0 Å². The second-order valence-corrected chi connectivity index (χ2v) is 7.33. The summed E-state index contributed by atoms with van der Waals surface area (Å²) in [5.41, 5.74) is 6.83. The van der Waals surface area contributed by atoms with Crippen LogP contribution in [0.2, 0.25) is 0 Å². The smallest absolute Gasteiger partial charge is 0.0903 e. The maximum absolute atomic E-state index is 6.32. The van der Waals surface area contributed by atoms with Gasteiger partial charge in [-0.2, -0.15) is 0 Å². The molecule has 0 amide bonds. The fourth-order valence-corrected chi connectivity index (χ4v) is 4.58. The highest BCUT2D eigenvalue weighted by Gasteiger charge is 2.46. The van der Waals surface area contributed by atoms with Crippen molar-refractivity contribution in [3.63, 3.8) is 0 Å². The zero-order chi connectivity index (χ0) is 17.3. The molecule has 0 saturated carbocycles. The highest BCUT2D eigenvalue weighted by Crippen LogP contribution is 2.54. The lowest BCUT2D eigenvalue weighted by Gasteiger charge is -2.19. The molecule has 0 unspecified atom stereocenters. The van der Waals surface area contributed by atoms with Crippen molar-refractivity contribution in [2.45, 2.75) is 12.5 Å². The van der Waals surface area contributed by atoms with Crippen LogP contribution in [0.1, 0.15) is 28.4 Å². The van der Waals surface area contributed by atoms with Crippen LogP contribution in [0.25, 0.3) is 11.6 Å². The average molecular weight is 338 g/mol. The summed E-state index contributed by atoms with van der Waals surface area (Å²) in [6.45, 7) is 0.838. The van der Waals surface area contributed by atoms with E-state index in [-0.39, 0.29) is 6.10 Å². The predicted molar refractivity (Wildman–Crippen MR) is 107 cm³/mol. The largest absolute Gasteiger partial charge is 0.373 e. The van der Waals surface area contributed by atoms with Gasteiger partial charge in [0.15, 0.2) is 0 Å². The standard InChI is InChI=1S/C25H22O/c1-3-9-18(10-4-1)15-20-17-26-25-22-14-8-7-13-21(22)23(24(20)25)16-19-11-5-2-6-12-19/h1-14,16,20,24-25H,15,17H2/b23-16+/t20-,24-,25+/m0/s1. The van der Waals surface area contributed by atoms with Crippen molar-refractivity contribution >= 4 is 11.6 Å². The third-order valence-corrected chi connectivity index (χ3v) is 5.72. The lowest BCUT2D eigenvalue weighted by Crippen LogP contribution is -2.14. The minimum Gasteiger partial charge on any atom is -0.373 e. The molecule has 1 heterocycles. The van der Waals surface area contributed by atoms with Crippen LogP contribution >= 0.6 is 0 Å². The maximum atomic E-state index is 6.32. The Morgan fingerprint density at radius 3 is 2.31 bits per heavy atom. The van der Waals surface area contributed by atoms with E-state index in [1.807, 2.05) is 0 Å². The molecule has 1 fully saturated rings. The van der Waals surface area contributed by atoms with Crippen LogP contribution in [0.3, 0.4) is 0 Å². The molecular formula is C25H22O. The highest BCUT2D eigenvalue weighted by molar-refractivity contribution is 5.87. The van der Waals surface area contributed by atoms with Crippen molar-refractivity contribution in [1.82, 2.24) is 0 Å². The third-order valence-electron chi connectivity index (χ3n) is 5.72. The van der Waals surface area contributed by atoms with Crippen LogP contribution in [0.15, 0.2) is 84.9 Å². The molecule has 2 aliphatic rings. The number of benzene rings is 3. The summed E-state index contributed by atoms with van der Waals surface area (Å²) in [5.74, 6) is 0.956. The minimum atomic E-state index is 0.204. The zero-order valence-electron chi connectivity index (χ0n) is 14.7. The molecule has 0 bridgehead atoms. The summed E-state index contributed by atoms with van der Waals surface area (Å²) in [6.07, 6.45) is 3.65. The van der Waals surface area contributed by atoms with Gasteiger partial charge in [0.1, 0.15) is 0 Å². The minimum absolute atomic E-state index is 0.204. The Kier molecular flexibility index (Phi) is 3.95. The number of hydrogen-bond acceptors (Lipinski definition) is 1. The summed E-state index contributed by atoms with van der Waals surface area (Å²) < 4.78 is 6.32. The summed E-state index contributed by atoms with van der Waals surface area (Å²) >= 11 is 0. The van der Waals surface area contributed by atoms with Crippen molar-refractivity contribution in [2.75, 3.05) is 6.61 Å². The van der Waals surface area contributed by atoms with Gasteiger partial charge >= 0.3 is 0 Å². The highest BCUT2D eigenvalue weighted by atomic mass is 16.5. The van der Waals surface area contributed by atoms with Gasteiger partial charge in [-0.15, -0.1) is 0 Å². The molecule has 128 valence electrons. The molecule has 3 aromatic carbocycles. The molecular weight excluding hydrogens is 316 g/mol. The number of hydrogen-bond donors (Lipinski definition) is 0. The Morgan fingerprint density at radius 1 is 0.808 bits per heavy atom. The molecule has 1 aliphatic carbocycles. The van der Waals surface area contributed by atoms with Crippen molar-refractivity contribution < 1.29 is 4.74 Å². The number of ether oxygens (including phenoxy) is 1. The molecule has 1 saturated heterocycles. The van der Waals surface area contributed by atoms with E-state index >= 15 is 0 Å². The topological polar surface area (TPSA) is 9.23 Å². The van der Waals surface area contributed by atoms with Gasteiger partial charge < -0.3 is 4.74 Å². The first-order valence-electron chi connectivity index (χ1n) is 9.41. The summed E-state index contributed by atoms with van der Waals surface area (Å²) in [7, 11) is 0. The van der Waals surface area contributed by atoms with E-state index < -0.39 is 0 Å². The molecule has 1 heteroatoms. The van der Waals surface area contributed by atoms with Gasteiger partial charge in [-0.3, -0.25) is 0 Å². The van der Waals surface area contributed by atoms with Crippen LogP contribution in [0.4, 0.5) is 0 Å². The van der Waals surface area contributed by atoms with E-state index in [0.29, 0.717) is 11.8 Å². The number of rotatable bonds is 3. The summed E-state index contributed by atoms with van der Waals surface area (Å²) in [4.78, 5) is 0. The van der Waals surface area contributed by atoms with Crippen molar-refractivity contribution in [2.24, 2.45) is 11.8 Å². The average Bonchev–Trinajstić information content (AvgIpc) is 3.24. The van der Waals surface area contributed by atoms with E-state index in [0.717, 1.165) is 13.0 Å². The van der Waals surface area contributed by atoms with E-state index in [4.69, 9.17) is 4.74 Å².